The predicted octanol–water partition coefficient (Wildman–Crippen LogP) is 1.78. The van der Waals surface area contributed by atoms with E-state index in [9.17, 15) is 4.79 Å². The van der Waals surface area contributed by atoms with Gasteiger partial charge in [0.15, 0.2) is 0 Å². The van der Waals surface area contributed by atoms with Gasteiger partial charge in [-0.1, -0.05) is 33.6 Å². The largest absolute Gasteiger partial charge is 0.353 e. The van der Waals surface area contributed by atoms with Crippen LogP contribution in [-0.2, 0) is 4.79 Å². The summed E-state index contributed by atoms with van der Waals surface area (Å²) in [5.74, 6) is 1.52. The molecule has 2 N–H and O–H groups in total. The Morgan fingerprint density at radius 3 is 2.25 bits per heavy atom. The van der Waals surface area contributed by atoms with Crippen LogP contribution < -0.4 is 10.6 Å². The zero-order valence-corrected chi connectivity index (χ0v) is 11.0. The molecule has 2 unspecified atom stereocenters. The van der Waals surface area contributed by atoms with Gasteiger partial charge in [0.05, 0.1) is 0 Å². The molecule has 0 aliphatic carbocycles. The molecule has 0 aromatic carbocycles. The first-order valence-electron chi connectivity index (χ1n) is 6.61. The van der Waals surface area contributed by atoms with E-state index in [1.54, 1.807) is 0 Å². The van der Waals surface area contributed by atoms with Gasteiger partial charge in [-0.15, -0.1) is 0 Å². The van der Waals surface area contributed by atoms with Crippen LogP contribution >= 0.6 is 0 Å². The van der Waals surface area contributed by atoms with E-state index < -0.39 is 0 Å². The number of hydrogen-bond acceptors (Lipinski definition) is 2. The van der Waals surface area contributed by atoms with E-state index in [4.69, 9.17) is 0 Å². The number of amides is 1. The maximum Gasteiger partial charge on any atom is 0.223 e. The summed E-state index contributed by atoms with van der Waals surface area (Å²) < 4.78 is 0. The normalized spacial score (nSPS) is 20.3. The van der Waals surface area contributed by atoms with E-state index in [0.29, 0.717) is 17.9 Å². The minimum absolute atomic E-state index is 0.151. The van der Waals surface area contributed by atoms with Gasteiger partial charge in [-0.05, 0) is 31.8 Å². The van der Waals surface area contributed by atoms with Crippen molar-refractivity contribution >= 4 is 5.91 Å². The first kappa shape index (κ1) is 13.5. The summed E-state index contributed by atoms with van der Waals surface area (Å²) in [6.07, 6.45) is 2.27. The molecule has 1 fully saturated rings. The number of nitrogens with one attached hydrogen (secondary N) is 2. The van der Waals surface area contributed by atoms with Crippen molar-refractivity contribution in [1.82, 2.24) is 10.6 Å². The van der Waals surface area contributed by atoms with Crippen LogP contribution in [0, 0.1) is 17.8 Å². The van der Waals surface area contributed by atoms with Gasteiger partial charge < -0.3 is 10.6 Å². The second-order valence-electron chi connectivity index (χ2n) is 5.08. The average Bonchev–Trinajstić information content (AvgIpc) is 2.16. The Labute approximate surface area is 99.4 Å². The number of rotatable bonds is 6. The zero-order chi connectivity index (χ0) is 12.1. The summed E-state index contributed by atoms with van der Waals surface area (Å²) in [5, 5.41) is 6.38. The van der Waals surface area contributed by atoms with Crippen LogP contribution in [0.1, 0.15) is 40.5 Å². The first-order valence-corrected chi connectivity index (χ1v) is 6.61. The molecule has 3 heteroatoms. The third kappa shape index (κ3) is 3.21. The standard InChI is InChI=1S/C13H26N2O/c1-5-11(6-2)10(4)15-13(16)9(3)12-7-14-8-12/h9-12,14H,5-8H2,1-4H3,(H,15,16). The lowest BCUT2D eigenvalue weighted by molar-refractivity contribution is -0.127. The van der Waals surface area contributed by atoms with E-state index in [1.165, 1.54) is 0 Å². The molecule has 16 heavy (non-hydrogen) atoms. The lowest BCUT2D eigenvalue weighted by Gasteiger charge is -2.33. The van der Waals surface area contributed by atoms with Crippen LogP contribution in [0.3, 0.4) is 0 Å². The van der Waals surface area contributed by atoms with Crippen molar-refractivity contribution in [2.45, 2.75) is 46.6 Å². The molecule has 0 aromatic heterocycles. The molecule has 0 spiro atoms. The fourth-order valence-electron chi connectivity index (χ4n) is 2.35. The van der Waals surface area contributed by atoms with Gasteiger partial charge in [0, 0.05) is 12.0 Å². The molecule has 1 saturated heterocycles. The highest BCUT2D eigenvalue weighted by Gasteiger charge is 2.29. The molecule has 1 aliphatic rings. The second-order valence-corrected chi connectivity index (χ2v) is 5.08. The maximum absolute atomic E-state index is 12.0. The molecule has 94 valence electrons. The fourth-order valence-corrected chi connectivity index (χ4v) is 2.35. The molecular formula is C13H26N2O. The molecule has 0 bridgehead atoms. The van der Waals surface area contributed by atoms with Crippen molar-refractivity contribution in [1.29, 1.82) is 0 Å². The molecule has 2 atom stereocenters. The highest BCUT2D eigenvalue weighted by molar-refractivity contribution is 5.79. The van der Waals surface area contributed by atoms with Crippen molar-refractivity contribution in [2.24, 2.45) is 17.8 Å². The van der Waals surface area contributed by atoms with Gasteiger partial charge in [0.1, 0.15) is 0 Å². The van der Waals surface area contributed by atoms with Crippen LogP contribution in [-0.4, -0.2) is 25.0 Å². The van der Waals surface area contributed by atoms with E-state index in [-0.39, 0.29) is 11.8 Å². The predicted molar refractivity (Wildman–Crippen MR) is 67.2 cm³/mol. The minimum Gasteiger partial charge on any atom is -0.353 e. The summed E-state index contributed by atoms with van der Waals surface area (Å²) >= 11 is 0. The second kappa shape index (κ2) is 6.24. The molecule has 0 aromatic rings. The maximum atomic E-state index is 12.0. The number of carbonyl (C=O) groups excluding carboxylic acids is 1. The first-order chi connectivity index (χ1) is 7.60. The summed E-state index contributed by atoms with van der Waals surface area (Å²) in [6, 6.07) is 0.304. The molecule has 0 radical (unpaired) electrons. The van der Waals surface area contributed by atoms with Gasteiger partial charge in [-0.2, -0.15) is 0 Å². The zero-order valence-electron chi connectivity index (χ0n) is 11.0. The Kier molecular flexibility index (Phi) is 5.26. The van der Waals surface area contributed by atoms with Crippen LogP contribution in [0.4, 0.5) is 0 Å². The van der Waals surface area contributed by atoms with E-state index >= 15 is 0 Å². The van der Waals surface area contributed by atoms with Crippen molar-refractivity contribution in [3.8, 4) is 0 Å². The topological polar surface area (TPSA) is 41.1 Å². The van der Waals surface area contributed by atoms with Crippen LogP contribution in [0.25, 0.3) is 0 Å². The van der Waals surface area contributed by atoms with E-state index in [1.807, 2.05) is 6.92 Å². The third-order valence-corrected chi connectivity index (χ3v) is 4.06. The van der Waals surface area contributed by atoms with E-state index in [0.717, 1.165) is 25.9 Å². The molecule has 1 heterocycles. The highest BCUT2D eigenvalue weighted by atomic mass is 16.1. The van der Waals surface area contributed by atoms with Gasteiger partial charge >= 0.3 is 0 Å². The van der Waals surface area contributed by atoms with Crippen LogP contribution in [0.15, 0.2) is 0 Å². The molecular weight excluding hydrogens is 200 g/mol. The molecule has 1 aliphatic heterocycles. The van der Waals surface area contributed by atoms with Crippen molar-refractivity contribution in [3.05, 3.63) is 0 Å². The smallest absolute Gasteiger partial charge is 0.223 e. The molecule has 3 nitrogen and oxygen atoms in total. The molecule has 1 rings (SSSR count). The molecule has 0 saturated carbocycles. The summed E-state index contributed by atoms with van der Waals surface area (Å²) in [6.45, 7) is 10.5. The van der Waals surface area contributed by atoms with Gasteiger partial charge in [0.2, 0.25) is 5.91 Å². The summed E-state index contributed by atoms with van der Waals surface area (Å²) in [7, 11) is 0. The van der Waals surface area contributed by atoms with Gasteiger partial charge in [-0.3, -0.25) is 4.79 Å². The lowest BCUT2D eigenvalue weighted by atomic mass is 9.87. The Morgan fingerprint density at radius 1 is 1.31 bits per heavy atom. The van der Waals surface area contributed by atoms with Crippen molar-refractivity contribution < 1.29 is 4.79 Å². The van der Waals surface area contributed by atoms with Crippen LogP contribution in [0.2, 0.25) is 0 Å². The van der Waals surface area contributed by atoms with Crippen molar-refractivity contribution in [2.75, 3.05) is 13.1 Å². The van der Waals surface area contributed by atoms with Crippen molar-refractivity contribution in [3.63, 3.8) is 0 Å². The summed E-state index contributed by atoms with van der Waals surface area (Å²) in [4.78, 5) is 12.0. The van der Waals surface area contributed by atoms with Gasteiger partial charge in [-0.25, -0.2) is 0 Å². The highest BCUT2D eigenvalue weighted by Crippen LogP contribution is 2.18. The quantitative estimate of drug-likeness (QED) is 0.725. The fraction of sp³-hybridized carbons (Fsp3) is 0.923. The Hall–Kier alpha value is -0.570. The average molecular weight is 226 g/mol. The lowest BCUT2D eigenvalue weighted by Crippen LogP contribution is -2.51. The molecule has 1 amide bonds. The monoisotopic (exact) mass is 226 g/mol. The summed E-state index contributed by atoms with van der Waals surface area (Å²) in [5.41, 5.74) is 0. The van der Waals surface area contributed by atoms with Crippen LogP contribution in [0.5, 0.6) is 0 Å². The SMILES string of the molecule is CCC(CC)C(C)NC(=O)C(C)C1CNC1. The Bertz CT molecular complexity index is 222. The Morgan fingerprint density at radius 2 is 1.88 bits per heavy atom. The third-order valence-electron chi connectivity index (χ3n) is 4.06. The number of carbonyl (C=O) groups is 1. The van der Waals surface area contributed by atoms with E-state index in [2.05, 4.69) is 31.4 Å². The Balaban J connectivity index is 2.37. The minimum atomic E-state index is 0.151. The number of hydrogen-bond donors (Lipinski definition) is 2. The van der Waals surface area contributed by atoms with Gasteiger partial charge in [0.25, 0.3) is 0 Å².